The van der Waals surface area contributed by atoms with E-state index in [0.717, 1.165) is 24.1 Å². The number of carbonyl (C=O) groups excluding carboxylic acids is 8. The van der Waals surface area contributed by atoms with Gasteiger partial charge >= 0.3 is 0 Å². The topological polar surface area (TPSA) is 225 Å². The Kier molecular flexibility index (Phi) is 20.9. The Labute approximate surface area is 436 Å². The summed E-state index contributed by atoms with van der Waals surface area (Å²) in [6, 6.07) is 13.5. The summed E-state index contributed by atoms with van der Waals surface area (Å²) in [6.07, 6.45) is 6.60. The van der Waals surface area contributed by atoms with Crippen LogP contribution in [-0.4, -0.2) is 145 Å². The number of nitrogens with one attached hydrogen (secondary N) is 5. The first-order chi connectivity index (χ1) is 35.4. The zero-order valence-corrected chi connectivity index (χ0v) is 44.6. The molecule has 18 heteroatoms. The van der Waals surface area contributed by atoms with Gasteiger partial charge in [0.15, 0.2) is 0 Å². The number of nitrogens with zero attached hydrogens (tertiary/aromatic N) is 3. The number of unbranched alkanes of at least 4 members (excludes halogenated alkanes) is 2. The number of amides is 8. The molecular formula is C56H80N8O10. The van der Waals surface area contributed by atoms with E-state index in [-0.39, 0.29) is 72.7 Å². The molecular weight excluding hydrogens is 945 g/mol. The van der Waals surface area contributed by atoms with E-state index in [2.05, 4.69) is 26.6 Å². The van der Waals surface area contributed by atoms with Gasteiger partial charge in [0, 0.05) is 71.6 Å². The molecule has 6 rings (SSSR count). The average Bonchev–Trinajstić information content (AvgIpc) is 3.62. The van der Waals surface area contributed by atoms with Crippen LogP contribution in [0.3, 0.4) is 0 Å². The van der Waals surface area contributed by atoms with Crippen molar-refractivity contribution in [2.24, 2.45) is 29.6 Å². The van der Waals surface area contributed by atoms with Crippen molar-refractivity contribution in [2.45, 2.75) is 148 Å². The molecule has 1 aliphatic carbocycles. The molecule has 2 aromatic carbocycles. The number of anilines is 1. The molecule has 0 aromatic heterocycles. The second kappa shape index (κ2) is 27.0. The van der Waals surface area contributed by atoms with Gasteiger partial charge in [-0.15, -0.1) is 0 Å². The van der Waals surface area contributed by atoms with Crippen LogP contribution in [0, 0.1) is 29.6 Å². The second-order valence-electron chi connectivity index (χ2n) is 21.1. The normalized spacial score (nSPS) is 21.8. The van der Waals surface area contributed by atoms with Crippen LogP contribution in [-0.2, 0) is 60.8 Å². The van der Waals surface area contributed by atoms with Crippen molar-refractivity contribution in [3.8, 4) is 0 Å². The number of piperidine rings is 1. The van der Waals surface area contributed by atoms with Gasteiger partial charge in [0.1, 0.15) is 12.1 Å². The lowest BCUT2D eigenvalue weighted by atomic mass is 9.89. The number of carbonyl (C=O) groups is 8. The number of hydrogen-bond donors (Lipinski definition) is 5. The molecule has 1 saturated carbocycles. The molecule has 5 N–H and O–H groups in total. The monoisotopic (exact) mass is 1020 g/mol. The van der Waals surface area contributed by atoms with Crippen LogP contribution >= 0.6 is 0 Å². The van der Waals surface area contributed by atoms with Gasteiger partial charge in [-0.1, -0.05) is 89.9 Å². The van der Waals surface area contributed by atoms with Crippen LogP contribution in [0.15, 0.2) is 66.7 Å². The maximum absolute atomic E-state index is 14.5. The van der Waals surface area contributed by atoms with Gasteiger partial charge in [-0.2, -0.15) is 0 Å². The number of ether oxygens (including phenoxy) is 2. The van der Waals surface area contributed by atoms with Gasteiger partial charge in [-0.25, -0.2) is 0 Å². The third-order valence-electron chi connectivity index (χ3n) is 15.6. The van der Waals surface area contributed by atoms with Gasteiger partial charge in [0.2, 0.25) is 35.4 Å². The molecule has 404 valence electrons. The van der Waals surface area contributed by atoms with Crippen LogP contribution in [0.1, 0.15) is 104 Å². The number of benzene rings is 2. The summed E-state index contributed by atoms with van der Waals surface area (Å²) in [4.78, 5) is 111. The first-order valence-corrected chi connectivity index (χ1v) is 26.7. The molecule has 2 saturated heterocycles. The largest absolute Gasteiger partial charge is 0.379 e. The summed E-state index contributed by atoms with van der Waals surface area (Å²) in [7, 11) is 4.81. The highest BCUT2D eigenvalue weighted by molar-refractivity contribution is 6.12. The van der Waals surface area contributed by atoms with E-state index < -0.39 is 54.1 Å². The van der Waals surface area contributed by atoms with Gasteiger partial charge in [0.25, 0.3) is 11.8 Å². The van der Waals surface area contributed by atoms with E-state index in [0.29, 0.717) is 75.6 Å². The fraction of sp³-hybridized carbons (Fsp3) is 0.607. The maximum Gasteiger partial charge on any atom is 0.253 e. The predicted molar refractivity (Wildman–Crippen MR) is 280 cm³/mol. The number of hydrogen-bond acceptors (Lipinski definition) is 11. The summed E-state index contributed by atoms with van der Waals surface area (Å²) in [5.74, 6) is -2.31. The van der Waals surface area contributed by atoms with Crippen molar-refractivity contribution >= 4 is 52.9 Å². The van der Waals surface area contributed by atoms with Gasteiger partial charge < -0.3 is 45.9 Å². The second-order valence-corrected chi connectivity index (χ2v) is 21.1. The highest BCUT2D eigenvalue weighted by atomic mass is 16.5. The lowest BCUT2D eigenvalue weighted by molar-refractivity contribution is -0.147. The minimum absolute atomic E-state index is 0.0198. The Hall–Kier alpha value is -5.98. The van der Waals surface area contributed by atoms with Gasteiger partial charge in [0.05, 0.1) is 42.7 Å². The SMILES string of the molecule is CC[C@H](C)[C@@H]([C@@H](CC(=O)N1CCCC1[C@H](OC)[C@@H](C)C(=O)NC(Cc1ccccc1)C(=O)Nc1ccc(CNC(=O)CCCCCN2C(=O)C=CC2=O)cc1)OC)N(C)C(=O)C(NC(=O)[C@H]1NCC2CC21)C(C)C. The summed E-state index contributed by atoms with van der Waals surface area (Å²) < 4.78 is 12.1. The lowest BCUT2D eigenvalue weighted by Crippen LogP contribution is -2.59. The molecule has 11 atom stereocenters. The molecule has 5 unspecified atom stereocenters. The zero-order valence-electron chi connectivity index (χ0n) is 44.6. The van der Waals surface area contributed by atoms with E-state index in [1.54, 1.807) is 55.1 Å². The Morgan fingerprint density at radius 3 is 2.16 bits per heavy atom. The summed E-state index contributed by atoms with van der Waals surface area (Å²) >= 11 is 0. The molecule has 2 aromatic rings. The molecule has 0 bridgehead atoms. The fourth-order valence-electron chi connectivity index (χ4n) is 10.9. The third kappa shape index (κ3) is 14.9. The summed E-state index contributed by atoms with van der Waals surface area (Å²) in [6.45, 7) is 11.5. The maximum atomic E-state index is 14.5. The van der Waals surface area contributed by atoms with Gasteiger partial charge in [-0.05, 0) is 85.6 Å². The molecule has 3 heterocycles. The van der Waals surface area contributed by atoms with E-state index in [4.69, 9.17) is 9.47 Å². The van der Waals surface area contributed by atoms with E-state index in [1.165, 1.54) is 24.2 Å². The van der Waals surface area contributed by atoms with Crippen molar-refractivity contribution in [3.63, 3.8) is 0 Å². The molecule has 0 radical (unpaired) electrons. The third-order valence-corrected chi connectivity index (χ3v) is 15.6. The fourth-order valence-corrected chi connectivity index (χ4v) is 10.9. The minimum atomic E-state index is -0.966. The van der Waals surface area contributed by atoms with Crippen LogP contribution in [0.2, 0.25) is 0 Å². The summed E-state index contributed by atoms with van der Waals surface area (Å²) in [5.41, 5.74) is 2.17. The highest BCUT2D eigenvalue weighted by Crippen LogP contribution is 2.45. The molecule has 74 heavy (non-hydrogen) atoms. The Bertz CT molecular complexity index is 2290. The van der Waals surface area contributed by atoms with Crippen molar-refractivity contribution in [1.82, 2.24) is 36.0 Å². The highest BCUT2D eigenvalue weighted by Gasteiger charge is 2.52. The van der Waals surface area contributed by atoms with Crippen molar-refractivity contribution in [2.75, 3.05) is 46.2 Å². The van der Waals surface area contributed by atoms with Crippen LogP contribution in [0.5, 0.6) is 0 Å². The van der Waals surface area contributed by atoms with E-state index >= 15 is 0 Å². The minimum Gasteiger partial charge on any atom is -0.379 e. The number of imide groups is 1. The van der Waals surface area contributed by atoms with Crippen molar-refractivity contribution < 1.29 is 47.8 Å². The van der Waals surface area contributed by atoms with Crippen LogP contribution in [0.25, 0.3) is 0 Å². The van der Waals surface area contributed by atoms with E-state index in [9.17, 15) is 38.4 Å². The van der Waals surface area contributed by atoms with Gasteiger partial charge in [-0.3, -0.25) is 43.3 Å². The molecule has 18 nitrogen and oxygen atoms in total. The van der Waals surface area contributed by atoms with Crippen molar-refractivity contribution in [3.05, 3.63) is 77.9 Å². The number of rotatable bonds is 28. The Morgan fingerprint density at radius 2 is 1.55 bits per heavy atom. The zero-order chi connectivity index (χ0) is 53.6. The number of likely N-dealkylation sites (tertiary alicyclic amines) is 1. The number of fused-ring (bicyclic) bond motifs is 1. The number of methoxy groups -OCH3 is 2. The Morgan fingerprint density at radius 1 is 0.851 bits per heavy atom. The molecule has 4 aliphatic rings. The Balaban J connectivity index is 1.04. The molecule has 0 spiro atoms. The standard InChI is InChI=1S/C56H80N8O10/c1-9-35(4)51(62(6)56(72)49(34(2)3)61-55(71)50-41-30-39(41)33-58-50)44(73-7)31-48(68)63-28-16-19-43(63)52(74-8)36(5)53(69)60-42(29-37-17-12-10-13-18-37)54(70)59-40-23-21-38(22-24-40)32-57-45(65)20-14-11-15-27-64-46(66)25-26-47(64)67/h10,12-13,17-18,21-26,34-36,39,41-44,49-52,58H,9,11,14-16,19-20,27-33H2,1-8H3,(H,57,65)(H,59,70)(H,60,69)(H,61,71)/t35-,36+,39?,41?,42?,43?,44+,49?,50-,51-,52+/m0/s1. The lowest BCUT2D eigenvalue weighted by Gasteiger charge is -2.41. The van der Waals surface area contributed by atoms with Crippen molar-refractivity contribution in [1.29, 1.82) is 0 Å². The van der Waals surface area contributed by atoms with Crippen LogP contribution in [0.4, 0.5) is 5.69 Å². The number of likely N-dealkylation sites (N-methyl/N-ethyl adjacent to an activating group) is 1. The first-order valence-electron chi connectivity index (χ1n) is 26.7. The summed E-state index contributed by atoms with van der Waals surface area (Å²) in [5, 5.41) is 15.2. The predicted octanol–water partition coefficient (Wildman–Crippen LogP) is 4.12. The smallest absolute Gasteiger partial charge is 0.253 e. The molecule has 8 amide bonds. The van der Waals surface area contributed by atoms with E-state index in [1.807, 2.05) is 58.0 Å². The average molecular weight is 1030 g/mol. The quantitative estimate of drug-likeness (QED) is 0.0602. The first kappa shape index (κ1) is 57.3. The molecule has 3 aliphatic heterocycles. The molecule has 3 fully saturated rings. The van der Waals surface area contributed by atoms with Crippen LogP contribution < -0.4 is 26.6 Å².